The van der Waals surface area contributed by atoms with Gasteiger partial charge in [0.15, 0.2) is 0 Å². The first-order chi connectivity index (χ1) is 10.4. The Labute approximate surface area is 128 Å². The molecule has 1 aliphatic rings. The summed E-state index contributed by atoms with van der Waals surface area (Å²) in [6, 6.07) is 3.46. The van der Waals surface area contributed by atoms with E-state index >= 15 is 0 Å². The zero-order valence-electron chi connectivity index (χ0n) is 11.6. The zero-order chi connectivity index (χ0) is 15.9. The molecule has 1 aliphatic carbocycles. The molecule has 2 aromatic rings. The smallest absolute Gasteiger partial charge is 0.352 e. The van der Waals surface area contributed by atoms with Gasteiger partial charge in [-0.25, -0.2) is 0 Å². The highest BCUT2D eigenvalue weighted by atomic mass is 32.2. The molecule has 3 rings (SSSR count). The van der Waals surface area contributed by atoms with Crippen LogP contribution in [0, 0.1) is 5.92 Å². The lowest BCUT2D eigenvalue weighted by Crippen LogP contribution is -2.05. The van der Waals surface area contributed by atoms with Crippen molar-refractivity contribution >= 4 is 17.5 Å². The number of nitrogens with zero attached hydrogens (tertiary/aromatic N) is 1. The summed E-state index contributed by atoms with van der Waals surface area (Å²) in [4.78, 5) is 12.6. The molecule has 0 N–H and O–H groups in total. The quantitative estimate of drug-likeness (QED) is 0.604. The molecule has 0 aliphatic heterocycles. The van der Waals surface area contributed by atoms with E-state index < -0.39 is 11.7 Å². The summed E-state index contributed by atoms with van der Waals surface area (Å²) in [5.74, 6) is -0.0316. The van der Waals surface area contributed by atoms with Gasteiger partial charge in [0, 0.05) is 16.4 Å². The van der Waals surface area contributed by atoms with Crippen LogP contribution in [0.25, 0.3) is 11.1 Å². The fourth-order valence-corrected chi connectivity index (χ4v) is 2.87. The number of rotatable bonds is 4. The molecule has 1 heterocycles. The molecule has 0 bridgehead atoms. The van der Waals surface area contributed by atoms with E-state index in [1.54, 1.807) is 6.26 Å². The van der Waals surface area contributed by atoms with Gasteiger partial charge in [-0.05, 0) is 31.2 Å². The van der Waals surface area contributed by atoms with Gasteiger partial charge in [-0.1, -0.05) is 11.2 Å². The number of Topliss-reactive ketones (excluding diaryl/α,β-unsaturated/α-hetero) is 1. The maximum atomic E-state index is 12.8. The molecular formula is C15H12F3NO2S. The van der Waals surface area contributed by atoms with Crippen molar-refractivity contribution < 1.29 is 22.5 Å². The first kappa shape index (κ1) is 15.1. The molecule has 3 nitrogen and oxygen atoms in total. The highest BCUT2D eigenvalue weighted by molar-refractivity contribution is 7.98. The van der Waals surface area contributed by atoms with E-state index in [-0.39, 0.29) is 17.5 Å². The molecule has 0 saturated heterocycles. The Morgan fingerprint density at radius 2 is 2.05 bits per heavy atom. The highest BCUT2D eigenvalue weighted by Gasteiger charge is 2.35. The van der Waals surface area contributed by atoms with Gasteiger partial charge in [0.05, 0.1) is 17.3 Å². The van der Waals surface area contributed by atoms with Gasteiger partial charge in [-0.2, -0.15) is 13.2 Å². The van der Waals surface area contributed by atoms with Crippen molar-refractivity contribution in [1.82, 2.24) is 5.16 Å². The maximum absolute atomic E-state index is 12.8. The third kappa shape index (κ3) is 2.77. The summed E-state index contributed by atoms with van der Waals surface area (Å²) < 4.78 is 43.5. The highest BCUT2D eigenvalue weighted by Crippen LogP contribution is 2.40. The fraction of sp³-hybridized carbons (Fsp3) is 0.333. The first-order valence-electron chi connectivity index (χ1n) is 6.66. The molecular weight excluding hydrogens is 315 g/mol. The molecule has 1 saturated carbocycles. The second kappa shape index (κ2) is 5.46. The van der Waals surface area contributed by atoms with Crippen molar-refractivity contribution in [3.8, 4) is 11.1 Å². The lowest BCUT2D eigenvalue weighted by atomic mass is 10.0. The van der Waals surface area contributed by atoms with Gasteiger partial charge >= 0.3 is 6.18 Å². The Kier molecular flexibility index (Phi) is 3.76. The van der Waals surface area contributed by atoms with E-state index in [9.17, 15) is 18.0 Å². The molecule has 116 valence electrons. The van der Waals surface area contributed by atoms with Crippen LogP contribution in [0.4, 0.5) is 13.2 Å². The van der Waals surface area contributed by atoms with E-state index in [1.807, 2.05) is 0 Å². The third-order valence-corrected chi connectivity index (χ3v) is 4.34. The summed E-state index contributed by atoms with van der Waals surface area (Å²) in [7, 11) is 0. The van der Waals surface area contributed by atoms with Crippen LogP contribution in [0.2, 0.25) is 0 Å². The summed E-state index contributed by atoms with van der Waals surface area (Å²) in [6.07, 6.45) is 0.319. The molecule has 0 atom stereocenters. The van der Waals surface area contributed by atoms with Gasteiger partial charge in [0.25, 0.3) is 0 Å². The Hall–Kier alpha value is -1.76. The van der Waals surface area contributed by atoms with Crippen LogP contribution >= 0.6 is 11.8 Å². The minimum absolute atomic E-state index is 0.0427. The minimum Gasteiger partial charge on any atom is -0.352 e. The van der Waals surface area contributed by atoms with Crippen LogP contribution in [0.3, 0.4) is 0 Å². The molecule has 0 unspecified atom stereocenters. The predicted molar refractivity (Wildman–Crippen MR) is 75.8 cm³/mol. The van der Waals surface area contributed by atoms with Crippen molar-refractivity contribution in [2.45, 2.75) is 23.9 Å². The number of halogens is 3. The number of benzene rings is 1. The molecule has 0 radical (unpaired) electrons. The number of carbonyl (C=O) groups excluding carboxylic acids is 1. The lowest BCUT2D eigenvalue weighted by Gasteiger charge is -2.11. The van der Waals surface area contributed by atoms with Gasteiger partial charge in [-0.15, -0.1) is 11.8 Å². The summed E-state index contributed by atoms with van der Waals surface area (Å²) in [5, 5.41) is 3.65. The SMILES string of the molecule is CSc1cc(C(F)(F)F)ccc1-c1cnoc1C(=O)C1CC1. The zero-order valence-corrected chi connectivity index (χ0v) is 12.4. The van der Waals surface area contributed by atoms with E-state index in [4.69, 9.17) is 4.52 Å². The first-order valence-corrected chi connectivity index (χ1v) is 7.88. The average Bonchev–Trinajstić information content (AvgIpc) is 3.22. The minimum atomic E-state index is -4.40. The van der Waals surface area contributed by atoms with Crippen molar-refractivity contribution in [3.63, 3.8) is 0 Å². The molecule has 7 heteroatoms. The normalized spacial score (nSPS) is 15.1. The van der Waals surface area contributed by atoms with Crippen molar-refractivity contribution in [2.75, 3.05) is 6.26 Å². The number of alkyl halides is 3. The standard InChI is InChI=1S/C15H12F3NO2S/c1-22-12-6-9(15(16,17)18)4-5-10(12)11-7-19-21-14(11)13(20)8-2-3-8/h4-8H,2-3H2,1H3. The van der Waals surface area contributed by atoms with Crippen LogP contribution in [-0.2, 0) is 6.18 Å². The summed E-state index contributed by atoms with van der Waals surface area (Å²) in [5.41, 5.74) is 0.271. The van der Waals surface area contributed by atoms with E-state index in [2.05, 4.69) is 5.16 Å². The maximum Gasteiger partial charge on any atom is 0.416 e. The average molecular weight is 327 g/mol. The number of hydrogen-bond acceptors (Lipinski definition) is 4. The Bertz CT molecular complexity index is 720. The number of carbonyl (C=O) groups is 1. The largest absolute Gasteiger partial charge is 0.416 e. The van der Waals surface area contributed by atoms with Gasteiger partial charge < -0.3 is 4.52 Å². The lowest BCUT2D eigenvalue weighted by molar-refractivity contribution is -0.137. The topological polar surface area (TPSA) is 43.1 Å². The molecule has 1 aromatic carbocycles. The molecule has 1 aromatic heterocycles. The van der Waals surface area contributed by atoms with Crippen LogP contribution in [0.1, 0.15) is 29.0 Å². The molecule has 22 heavy (non-hydrogen) atoms. The van der Waals surface area contributed by atoms with E-state index in [1.165, 1.54) is 24.0 Å². The summed E-state index contributed by atoms with van der Waals surface area (Å²) >= 11 is 1.19. The molecule has 0 amide bonds. The monoisotopic (exact) mass is 327 g/mol. The van der Waals surface area contributed by atoms with Crippen molar-refractivity contribution in [3.05, 3.63) is 35.7 Å². The third-order valence-electron chi connectivity index (χ3n) is 3.56. The van der Waals surface area contributed by atoms with Crippen LogP contribution in [0.5, 0.6) is 0 Å². The number of hydrogen-bond donors (Lipinski definition) is 0. The Morgan fingerprint density at radius 3 is 2.64 bits per heavy atom. The second-order valence-electron chi connectivity index (χ2n) is 5.12. The van der Waals surface area contributed by atoms with Gasteiger partial charge in [-0.3, -0.25) is 4.79 Å². The molecule has 1 fully saturated rings. The summed E-state index contributed by atoms with van der Waals surface area (Å²) in [6.45, 7) is 0. The van der Waals surface area contributed by atoms with Crippen LogP contribution in [0.15, 0.2) is 33.8 Å². The van der Waals surface area contributed by atoms with Gasteiger partial charge in [0.2, 0.25) is 11.5 Å². The van der Waals surface area contributed by atoms with Crippen LogP contribution < -0.4 is 0 Å². The van der Waals surface area contributed by atoms with Crippen molar-refractivity contribution in [1.29, 1.82) is 0 Å². The second-order valence-corrected chi connectivity index (χ2v) is 5.97. The Morgan fingerprint density at radius 1 is 1.32 bits per heavy atom. The number of aromatic nitrogens is 1. The number of thioether (sulfide) groups is 1. The predicted octanol–water partition coefficient (Wildman–Crippen LogP) is 4.68. The Balaban J connectivity index is 2.05. The molecule has 0 spiro atoms. The van der Waals surface area contributed by atoms with Crippen molar-refractivity contribution in [2.24, 2.45) is 5.92 Å². The van der Waals surface area contributed by atoms with E-state index in [0.717, 1.165) is 25.0 Å². The fourth-order valence-electron chi connectivity index (χ4n) is 2.23. The van der Waals surface area contributed by atoms with E-state index in [0.29, 0.717) is 16.0 Å². The van der Waals surface area contributed by atoms with Crippen LogP contribution in [-0.4, -0.2) is 17.2 Å². The number of ketones is 1. The van der Waals surface area contributed by atoms with Gasteiger partial charge in [0.1, 0.15) is 0 Å².